The van der Waals surface area contributed by atoms with E-state index in [1.54, 1.807) is 17.8 Å². The van der Waals surface area contributed by atoms with E-state index in [1.165, 1.54) is 12.1 Å². The minimum atomic E-state index is -5.27. The molecule has 0 saturated carbocycles. The van der Waals surface area contributed by atoms with Crippen LogP contribution in [0.4, 0.5) is 24.5 Å². The number of hydrogen-bond donors (Lipinski definition) is 3. The Morgan fingerprint density at radius 2 is 1.75 bits per heavy atom. The summed E-state index contributed by atoms with van der Waals surface area (Å²) in [6.07, 6.45) is -1.33. The first-order chi connectivity index (χ1) is 16.4. The molecule has 0 aliphatic carbocycles. The molecule has 0 heterocycles. The first-order valence-corrected chi connectivity index (χ1v) is 15.3. The third-order valence-electron chi connectivity index (χ3n) is 5.00. The Labute approximate surface area is 216 Å². The maximum Gasteiger partial charge on any atom is 0.426 e. The highest BCUT2D eigenvalue weighted by molar-refractivity contribution is 7.98. The van der Waals surface area contributed by atoms with Crippen LogP contribution in [0.25, 0.3) is 0 Å². The van der Waals surface area contributed by atoms with Gasteiger partial charge in [0, 0.05) is 6.26 Å². The Kier molecular flexibility index (Phi) is 9.38. The maximum atomic E-state index is 13.0. The summed E-state index contributed by atoms with van der Waals surface area (Å²) in [6.45, 7) is 0.258. The number of alkyl halides is 3. The van der Waals surface area contributed by atoms with Crippen molar-refractivity contribution in [1.29, 1.82) is 0 Å². The average molecular weight is 589 g/mol. The average Bonchev–Trinajstić information content (AvgIpc) is 2.73. The molecule has 0 aliphatic heterocycles. The van der Waals surface area contributed by atoms with Crippen LogP contribution in [0.15, 0.2) is 46.2 Å². The fraction of sp³-hybridized carbons (Fsp3) is 0.381. The first-order valence-electron chi connectivity index (χ1n) is 10.2. The molecule has 0 aromatic heterocycles. The Balaban J connectivity index is 2.39. The highest BCUT2D eigenvalue weighted by Crippen LogP contribution is 2.34. The topological polar surface area (TPSA) is 130 Å². The van der Waals surface area contributed by atoms with Gasteiger partial charge in [0.2, 0.25) is 5.60 Å². The number of amides is 1. The smallest absolute Gasteiger partial charge is 0.373 e. The van der Waals surface area contributed by atoms with Crippen molar-refractivity contribution in [3.05, 3.63) is 47.0 Å². The van der Waals surface area contributed by atoms with Crippen LogP contribution in [-0.4, -0.2) is 57.9 Å². The second kappa shape index (κ2) is 11.2. The highest BCUT2D eigenvalue weighted by Gasteiger charge is 2.55. The van der Waals surface area contributed by atoms with Crippen molar-refractivity contribution in [2.45, 2.75) is 41.3 Å². The van der Waals surface area contributed by atoms with Gasteiger partial charge in [0.05, 0.1) is 26.2 Å². The molecule has 0 fully saturated rings. The van der Waals surface area contributed by atoms with E-state index in [-0.39, 0.29) is 23.2 Å². The number of thioether (sulfide) groups is 1. The molecule has 36 heavy (non-hydrogen) atoms. The molecule has 2 aromatic carbocycles. The van der Waals surface area contributed by atoms with Gasteiger partial charge in [-0.2, -0.15) is 24.9 Å². The number of aryl methyl sites for hydroxylation is 1. The molecule has 1 atom stereocenters. The molecule has 1 amide bonds. The minimum Gasteiger partial charge on any atom is -0.373 e. The number of sulfonamides is 1. The number of halogens is 4. The summed E-state index contributed by atoms with van der Waals surface area (Å²) in [5, 5.41) is 10.8. The number of aliphatic hydroxyl groups is 1. The van der Waals surface area contributed by atoms with Crippen molar-refractivity contribution in [1.82, 2.24) is 0 Å². The third-order valence-corrected chi connectivity index (χ3v) is 8.60. The molecule has 0 spiro atoms. The first kappa shape index (κ1) is 30.2. The number of rotatable bonds is 10. The van der Waals surface area contributed by atoms with Crippen LogP contribution in [0.5, 0.6) is 0 Å². The van der Waals surface area contributed by atoms with E-state index < -0.39 is 47.5 Å². The van der Waals surface area contributed by atoms with Crippen molar-refractivity contribution >= 4 is 60.5 Å². The zero-order valence-corrected chi connectivity index (χ0v) is 22.5. The van der Waals surface area contributed by atoms with Crippen LogP contribution in [0.3, 0.4) is 0 Å². The lowest BCUT2D eigenvalue weighted by Gasteiger charge is -2.25. The number of sulfone groups is 1. The summed E-state index contributed by atoms with van der Waals surface area (Å²) in [5.74, 6) is -1.04. The van der Waals surface area contributed by atoms with E-state index >= 15 is 0 Å². The zero-order valence-electron chi connectivity index (χ0n) is 19.3. The number of carbonyl (C=O) groups excluding carboxylic acids is 1. The molecular formula is C21H24ClF3N2O6S3. The fourth-order valence-electron chi connectivity index (χ4n) is 3.05. The Bertz CT molecular complexity index is 1350. The molecule has 2 rings (SSSR count). The summed E-state index contributed by atoms with van der Waals surface area (Å²) in [4.78, 5) is 11.3. The molecule has 15 heteroatoms. The molecular weight excluding hydrogens is 565 g/mol. The molecule has 0 radical (unpaired) electrons. The fourth-order valence-corrected chi connectivity index (χ4v) is 6.10. The van der Waals surface area contributed by atoms with Crippen LogP contribution in [0.2, 0.25) is 5.02 Å². The molecule has 0 unspecified atom stereocenters. The molecule has 8 nitrogen and oxygen atoms in total. The molecule has 0 bridgehead atoms. The Morgan fingerprint density at radius 1 is 1.11 bits per heavy atom. The van der Waals surface area contributed by atoms with Crippen molar-refractivity contribution in [2.24, 2.45) is 0 Å². The molecule has 3 N–H and O–H groups in total. The molecule has 2 aromatic rings. The monoisotopic (exact) mass is 588 g/mol. The van der Waals surface area contributed by atoms with Gasteiger partial charge in [-0.15, -0.1) is 0 Å². The summed E-state index contributed by atoms with van der Waals surface area (Å²) in [6, 6.07) is 7.16. The summed E-state index contributed by atoms with van der Waals surface area (Å²) in [5.41, 5.74) is -3.82. The van der Waals surface area contributed by atoms with E-state index in [9.17, 15) is 39.9 Å². The largest absolute Gasteiger partial charge is 0.426 e. The van der Waals surface area contributed by atoms with Gasteiger partial charge in [-0.05, 0) is 61.6 Å². The number of hydrogen-bond acceptors (Lipinski definition) is 7. The quantitative estimate of drug-likeness (QED) is 0.356. The van der Waals surface area contributed by atoms with Crippen LogP contribution in [0, 0.1) is 0 Å². The standard InChI is InChI=1S/C21H24ClF3N2O6S3/c1-20(29,21(23,24)25)19(28)26-16-10-9-14(12-15(16)22)36(32,33)27-17-8-4-6-13(7-5-11-34-2)18(17)35(3,30)31/h4,6,8-10,12,27,29H,5,7,11H2,1-3H3,(H,26,28)/t20-/m1/s1. The number of nitrogens with one attached hydrogen (secondary N) is 2. The molecule has 0 saturated heterocycles. The van der Waals surface area contributed by atoms with Crippen molar-refractivity contribution in [3.63, 3.8) is 0 Å². The minimum absolute atomic E-state index is 0.168. The lowest BCUT2D eigenvalue weighted by molar-refractivity contribution is -0.242. The van der Waals surface area contributed by atoms with E-state index in [4.69, 9.17) is 11.6 Å². The van der Waals surface area contributed by atoms with Crippen molar-refractivity contribution in [3.8, 4) is 0 Å². The number of carbonyl (C=O) groups is 1. The highest BCUT2D eigenvalue weighted by atomic mass is 35.5. The summed E-state index contributed by atoms with van der Waals surface area (Å²) < 4.78 is 91.8. The van der Waals surface area contributed by atoms with E-state index in [0.717, 1.165) is 30.2 Å². The van der Waals surface area contributed by atoms with Gasteiger partial charge in [-0.3, -0.25) is 9.52 Å². The molecule has 200 valence electrons. The third kappa shape index (κ3) is 7.06. The van der Waals surface area contributed by atoms with Crippen LogP contribution in [-0.2, 0) is 31.1 Å². The van der Waals surface area contributed by atoms with Gasteiger partial charge in [0.25, 0.3) is 15.9 Å². The van der Waals surface area contributed by atoms with Gasteiger partial charge in [-0.1, -0.05) is 23.7 Å². The van der Waals surface area contributed by atoms with Crippen LogP contribution >= 0.6 is 23.4 Å². The van der Waals surface area contributed by atoms with Gasteiger partial charge >= 0.3 is 6.18 Å². The summed E-state index contributed by atoms with van der Waals surface area (Å²) >= 11 is 7.56. The van der Waals surface area contributed by atoms with E-state index in [0.29, 0.717) is 18.4 Å². The van der Waals surface area contributed by atoms with E-state index in [2.05, 4.69) is 4.72 Å². The normalized spacial score (nSPS) is 14.2. The SMILES string of the molecule is CSCCCc1cccc(NS(=O)(=O)c2ccc(NC(=O)[C@@](C)(O)C(F)(F)F)c(Cl)c2)c1S(C)(=O)=O. The van der Waals surface area contributed by atoms with Gasteiger partial charge in [0.1, 0.15) is 0 Å². The van der Waals surface area contributed by atoms with Gasteiger partial charge in [0.15, 0.2) is 9.84 Å². The molecule has 0 aliphatic rings. The second-order valence-electron chi connectivity index (χ2n) is 7.93. The maximum absolute atomic E-state index is 13.0. The van der Waals surface area contributed by atoms with E-state index in [1.807, 2.05) is 11.6 Å². The summed E-state index contributed by atoms with van der Waals surface area (Å²) in [7, 11) is -8.24. The number of benzene rings is 2. The lowest BCUT2D eigenvalue weighted by atomic mass is 10.1. The van der Waals surface area contributed by atoms with Crippen LogP contribution < -0.4 is 10.0 Å². The predicted molar refractivity (Wildman–Crippen MR) is 134 cm³/mol. The number of anilines is 2. The zero-order chi connectivity index (χ0) is 27.5. The predicted octanol–water partition coefficient (Wildman–Crippen LogP) is 4.09. The van der Waals surface area contributed by atoms with Crippen molar-refractivity contribution in [2.75, 3.05) is 28.3 Å². The Hall–Kier alpha value is -2.00. The van der Waals surface area contributed by atoms with Crippen LogP contribution in [0.1, 0.15) is 18.9 Å². The lowest BCUT2D eigenvalue weighted by Crippen LogP contribution is -2.52. The Morgan fingerprint density at radius 3 is 2.28 bits per heavy atom. The van der Waals surface area contributed by atoms with Gasteiger partial charge < -0.3 is 10.4 Å². The van der Waals surface area contributed by atoms with Crippen molar-refractivity contribution < 1.29 is 39.9 Å². The second-order valence-corrected chi connectivity index (χ2v) is 13.0. The van der Waals surface area contributed by atoms with Gasteiger partial charge in [-0.25, -0.2) is 16.8 Å².